The van der Waals surface area contributed by atoms with Gasteiger partial charge in [0.05, 0.1) is 18.3 Å². The Bertz CT molecular complexity index is 527. The predicted octanol–water partition coefficient (Wildman–Crippen LogP) is 1.98. The second kappa shape index (κ2) is 7.08. The summed E-state index contributed by atoms with van der Waals surface area (Å²) < 4.78 is 5.22. The number of methoxy groups -OCH3 is 1. The molecule has 0 atom stereocenters. The third-order valence-electron chi connectivity index (χ3n) is 2.96. The zero-order valence-electron chi connectivity index (χ0n) is 13.2. The summed E-state index contributed by atoms with van der Waals surface area (Å²) in [6.07, 6.45) is 0. The number of rotatable bonds is 6. The van der Waals surface area contributed by atoms with E-state index in [1.807, 2.05) is 20.8 Å². The average molecular weight is 293 g/mol. The number of ether oxygens (including phenoxy) is 1. The van der Waals surface area contributed by atoms with Gasteiger partial charge in [0.2, 0.25) is 11.8 Å². The van der Waals surface area contributed by atoms with Crippen molar-refractivity contribution in [2.24, 2.45) is 0 Å². The van der Waals surface area contributed by atoms with Crippen LogP contribution in [0.15, 0.2) is 18.2 Å². The highest BCUT2D eigenvalue weighted by atomic mass is 16.5. The first-order valence-corrected chi connectivity index (χ1v) is 6.82. The summed E-state index contributed by atoms with van der Waals surface area (Å²) in [6.45, 7) is 7.70. The van der Waals surface area contributed by atoms with E-state index in [1.54, 1.807) is 18.2 Å². The number of hydrogen-bond acceptors (Lipinski definition) is 4. The van der Waals surface area contributed by atoms with Crippen LogP contribution in [0.5, 0.6) is 5.75 Å². The fraction of sp³-hybridized carbons (Fsp3) is 0.467. The minimum atomic E-state index is -0.668. The molecule has 0 bridgehead atoms. The summed E-state index contributed by atoms with van der Waals surface area (Å²) in [4.78, 5) is 23.3. The summed E-state index contributed by atoms with van der Waals surface area (Å²) in [5.41, 5.74) is 0.504. The molecule has 2 amide bonds. The fourth-order valence-electron chi connectivity index (χ4n) is 1.87. The summed E-state index contributed by atoms with van der Waals surface area (Å²) in [5.74, 6) is 0.168. The third kappa shape index (κ3) is 4.75. The van der Waals surface area contributed by atoms with Crippen LogP contribution in [0.1, 0.15) is 27.7 Å². The molecule has 6 heteroatoms. The highest BCUT2D eigenvalue weighted by molar-refractivity contribution is 5.98. The number of hydrogen-bond donors (Lipinski definition) is 3. The Morgan fingerprint density at radius 3 is 2.43 bits per heavy atom. The molecular weight excluding hydrogens is 270 g/mol. The molecule has 6 nitrogen and oxygen atoms in total. The van der Waals surface area contributed by atoms with E-state index in [4.69, 9.17) is 4.74 Å². The van der Waals surface area contributed by atoms with Crippen LogP contribution in [0.3, 0.4) is 0 Å². The van der Waals surface area contributed by atoms with Crippen molar-refractivity contribution in [3.05, 3.63) is 18.2 Å². The van der Waals surface area contributed by atoms with E-state index < -0.39 is 5.54 Å². The average Bonchev–Trinajstić information content (AvgIpc) is 2.39. The molecule has 0 aliphatic heterocycles. The van der Waals surface area contributed by atoms with Crippen LogP contribution in [0.4, 0.5) is 11.4 Å². The highest BCUT2D eigenvalue weighted by Crippen LogP contribution is 2.28. The summed E-state index contributed by atoms with van der Waals surface area (Å²) in [6, 6.07) is 5.08. The van der Waals surface area contributed by atoms with Crippen molar-refractivity contribution < 1.29 is 14.3 Å². The molecule has 21 heavy (non-hydrogen) atoms. The SMILES string of the molecule is CCNC(C)(C)C(=O)Nc1ccc(NC(C)=O)c(OC)c1. The van der Waals surface area contributed by atoms with Crippen LogP contribution in [-0.4, -0.2) is 31.0 Å². The molecule has 0 saturated carbocycles. The van der Waals surface area contributed by atoms with E-state index in [1.165, 1.54) is 14.0 Å². The lowest BCUT2D eigenvalue weighted by atomic mass is 10.0. The van der Waals surface area contributed by atoms with Crippen molar-refractivity contribution in [2.45, 2.75) is 33.2 Å². The number of amides is 2. The molecule has 0 spiro atoms. The van der Waals surface area contributed by atoms with Gasteiger partial charge in [0.15, 0.2) is 0 Å². The van der Waals surface area contributed by atoms with Crippen molar-refractivity contribution in [2.75, 3.05) is 24.3 Å². The van der Waals surface area contributed by atoms with Crippen molar-refractivity contribution in [3.8, 4) is 5.75 Å². The number of carbonyl (C=O) groups excluding carboxylic acids is 2. The van der Waals surface area contributed by atoms with E-state index in [0.29, 0.717) is 23.7 Å². The van der Waals surface area contributed by atoms with E-state index in [9.17, 15) is 9.59 Å². The van der Waals surface area contributed by atoms with Gasteiger partial charge < -0.3 is 20.7 Å². The highest BCUT2D eigenvalue weighted by Gasteiger charge is 2.26. The molecule has 1 aromatic rings. The molecule has 3 N–H and O–H groups in total. The summed E-state index contributed by atoms with van der Waals surface area (Å²) in [5, 5.41) is 8.60. The Morgan fingerprint density at radius 2 is 1.90 bits per heavy atom. The van der Waals surface area contributed by atoms with Gasteiger partial charge in [-0.1, -0.05) is 6.92 Å². The van der Waals surface area contributed by atoms with Gasteiger partial charge in [-0.25, -0.2) is 0 Å². The van der Waals surface area contributed by atoms with Gasteiger partial charge in [-0.15, -0.1) is 0 Å². The lowest BCUT2D eigenvalue weighted by Crippen LogP contribution is -2.49. The van der Waals surface area contributed by atoms with Crippen LogP contribution < -0.4 is 20.7 Å². The number of nitrogens with one attached hydrogen (secondary N) is 3. The first kappa shape index (κ1) is 17.0. The molecule has 0 aromatic heterocycles. The maximum atomic E-state index is 12.2. The normalized spacial score (nSPS) is 10.9. The molecule has 116 valence electrons. The molecule has 0 aliphatic carbocycles. The van der Waals surface area contributed by atoms with Gasteiger partial charge in [-0.3, -0.25) is 9.59 Å². The van der Waals surface area contributed by atoms with Gasteiger partial charge in [-0.2, -0.15) is 0 Å². The number of carbonyl (C=O) groups is 2. The van der Waals surface area contributed by atoms with Crippen molar-refractivity contribution in [1.82, 2.24) is 5.32 Å². The van der Waals surface area contributed by atoms with Gasteiger partial charge in [0.1, 0.15) is 5.75 Å². The maximum Gasteiger partial charge on any atom is 0.244 e. The Morgan fingerprint density at radius 1 is 1.24 bits per heavy atom. The molecule has 0 aliphatic rings. The first-order chi connectivity index (χ1) is 9.80. The van der Waals surface area contributed by atoms with E-state index in [-0.39, 0.29) is 11.8 Å². The molecule has 1 rings (SSSR count). The van der Waals surface area contributed by atoms with Crippen LogP contribution >= 0.6 is 0 Å². The topological polar surface area (TPSA) is 79.5 Å². The smallest absolute Gasteiger partial charge is 0.244 e. The van der Waals surface area contributed by atoms with E-state index in [2.05, 4.69) is 16.0 Å². The molecule has 0 fully saturated rings. The number of benzene rings is 1. The molecule has 0 saturated heterocycles. The third-order valence-corrected chi connectivity index (χ3v) is 2.96. The van der Waals surface area contributed by atoms with Gasteiger partial charge in [0, 0.05) is 18.7 Å². The standard InChI is InChI=1S/C15H23N3O3/c1-6-16-15(3,4)14(20)18-11-7-8-12(17-10(2)19)13(9-11)21-5/h7-9,16H,6H2,1-5H3,(H,17,19)(H,18,20). The summed E-state index contributed by atoms with van der Waals surface area (Å²) >= 11 is 0. The monoisotopic (exact) mass is 293 g/mol. The first-order valence-electron chi connectivity index (χ1n) is 6.82. The number of anilines is 2. The van der Waals surface area contributed by atoms with Crippen molar-refractivity contribution in [1.29, 1.82) is 0 Å². The minimum absolute atomic E-state index is 0.140. The maximum absolute atomic E-state index is 12.2. The van der Waals surface area contributed by atoms with Crippen molar-refractivity contribution in [3.63, 3.8) is 0 Å². The Hall–Kier alpha value is -2.08. The van der Waals surface area contributed by atoms with Gasteiger partial charge >= 0.3 is 0 Å². The van der Waals surface area contributed by atoms with E-state index >= 15 is 0 Å². The molecule has 1 aromatic carbocycles. The Labute approximate surface area is 125 Å². The largest absolute Gasteiger partial charge is 0.494 e. The second-order valence-electron chi connectivity index (χ2n) is 5.21. The van der Waals surface area contributed by atoms with Crippen LogP contribution in [0.2, 0.25) is 0 Å². The predicted molar refractivity (Wildman–Crippen MR) is 83.7 cm³/mol. The molecule has 0 heterocycles. The lowest BCUT2D eigenvalue weighted by molar-refractivity contribution is -0.121. The Balaban J connectivity index is 2.90. The quantitative estimate of drug-likeness (QED) is 0.749. The van der Waals surface area contributed by atoms with Crippen LogP contribution in [0, 0.1) is 0 Å². The Kier molecular flexibility index (Phi) is 5.72. The molecular formula is C15H23N3O3. The van der Waals surface area contributed by atoms with Crippen LogP contribution in [-0.2, 0) is 9.59 Å². The number of likely N-dealkylation sites (N-methyl/N-ethyl adjacent to an activating group) is 1. The zero-order chi connectivity index (χ0) is 16.0. The van der Waals surface area contributed by atoms with E-state index in [0.717, 1.165) is 0 Å². The second-order valence-corrected chi connectivity index (χ2v) is 5.21. The van der Waals surface area contributed by atoms with Crippen molar-refractivity contribution >= 4 is 23.2 Å². The lowest BCUT2D eigenvalue weighted by Gasteiger charge is -2.24. The summed E-state index contributed by atoms with van der Waals surface area (Å²) in [7, 11) is 1.51. The van der Waals surface area contributed by atoms with Gasteiger partial charge in [-0.05, 0) is 32.5 Å². The van der Waals surface area contributed by atoms with Crippen LogP contribution in [0.25, 0.3) is 0 Å². The van der Waals surface area contributed by atoms with Gasteiger partial charge in [0.25, 0.3) is 0 Å². The molecule has 0 unspecified atom stereocenters. The fourth-order valence-corrected chi connectivity index (χ4v) is 1.87. The molecule has 0 radical (unpaired) electrons. The minimum Gasteiger partial charge on any atom is -0.494 e. The zero-order valence-corrected chi connectivity index (χ0v) is 13.2.